The van der Waals surface area contributed by atoms with Crippen LogP contribution in [0.25, 0.3) is 0 Å². The molecule has 32 heavy (non-hydrogen) atoms. The summed E-state index contributed by atoms with van der Waals surface area (Å²) in [5.74, 6) is -2.21. The molecule has 0 aromatic heterocycles. The molecule has 1 aliphatic rings. The van der Waals surface area contributed by atoms with Crippen LogP contribution in [-0.2, 0) is 6.54 Å². The number of halogens is 3. The van der Waals surface area contributed by atoms with Gasteiger partial charge < -0.3 is 10.2 Å². The number of nitrogens with one attached hydrogen (secondary N) is 1. The molecular weight excluding hydrogens is 419 g/mol. The zero-order valence-electron chi connectivity index (χ0n) is 17.0. The number of rotatable bonds is 5. The lowest BCUT2D eigenvalue weighted by molar-refractivity contribution is 0.102. The summed E-state index contributed by atoms with van der Waals surface area (Å²) in [4.78, 5) is 28.5. The van der Waals surface area contributed by atoms with Crippen LogP contribution < -0.4 is 10.2 Å². The minimum Gasteiger partial charge on any atom is -0.322 e. The third-order valence-corrected chi connectivity index (χ3v) is 5.13. The van der Waals surface area contributed by atoms with Gasteiger partial charge in [0.1, 0.15) is 17.5 Å². The van der Waals surface area contributed by atoms with Crippen molar-refractivity contribution < 1.29 is 22.8 Å². The molecule has 0 aliphatic carbocycles. The molecule has 0 bridgehead atoms. The Morgan fingerprint density at radius 3 is 2.31 bits per heavy atom. The van der Waals surface area contributed by atoms with Crippen LogP contribution in [0.3, 0.4) is 0 Å². The number of hydrogen-bond donors (Lipinski definition) is 1. The normalized spacial score (nSPS) is 13.9. The molecule has 0 spiro atoms. The summed E-state index contributed by atoms with van der Waals surface area (Å²) >= 11 is 0. The van der Waals surface area contributed by atoms with Crippen molar-refractivity contribution in [1.29, 1.82) is 0 Å². The molecule has 1 saturated heterocycles. The van der Waals surface area contributed by atoms with E-state index in [9.17, 15) is 22.8 Å². The second kappa shape index (κ2) is 9.13. The second-order valence-corrected chi connectivity index (χ2v) is 7.50. The molecule has 1 N–H and O–H groups in total. The molecule has 0 saturated carbocycles. The fraction of sp³-hybridized carbons (Fsp3) is 0.167. The SMILES string of the molecule is O=C(Nc1cccc(N2CCCN(Cc3cc(F)cc(F)c3)C2=O)c1)c1ccc(F)cc1. The lowest BCUT2D eigenvalue weighted by Gasteiger charge is -2.36. The number of urea groups is 1. The summed E-state index contributed by atoms with van der Waals surface area (Å²) in [6, 6.07) is 14.9. The van der Waals surface area contributed by atoms with Crippen molar-refractivity contribution in [3.63, 3.8) is 0 Å². The number of carbonyl (C=O) groups excluding carboxylic acids is 2. The highest BCUT2D eigenvalue weighted by atomic mass is 19.1. The molecule has 3 aromatic carbocycles. The number of anilines is 2. The fourth-order valence-corrected chi connectivity index (χ4v) is 3.65. The first kappa shape index (κ1) is 21.4. The Balaban J connectivity index is 1.48. The van der Waals surface area contributed by atoms with Crippen LogP contribution in [0.1, 0.15) is 22.3 Å². The maximum Gasteiger partial charge on any atom is 0.324 e. The summed E-state index contributed by atoms with van der Waals surface area (Å²) < 4.78 is 40.1. The maximum atomic E-state index is 13.5. The van der Waals surface area contributed by atoms with E-state index < -0.39 is 23.4 Å². The van der Waals surface area contributed by atoms with Crippen molar-refractivity contribution in [2.75, 3.05) is 23.3 Å². The molecule has 1 fully saturated rings. The summed E-state index contributed by atoms with van der Waals surface area (Å²) in [7, 11) is 0. The molecule has 8 heteroatoms. The predicted molar refractivity (Wildman–Crippen MR) is 115 cm³/mol. The Morgan fingerprint density at radius 1 is 0.875 bits per heavy atom. The zero-order chi connectivity index (χ0) is 22.7. The van der Waals surface area contributed by atoms with E-state index in [1.807, 2.05) is 0 Å². The Hall–Kier alpha value is -3.81. The van der Waals surface area contributed by atoms with Gasteiger partial charge in [0, 0.05) is 42.6 Å². The van der Waals surface area contributed by atoms with Gasteiger partial charge in [0.05, 0.1) is 0 Å². The number of hydrogen-bond acceptors (Lipinski definition) is 2. The molecule has 0 atom stereocenters. The van der Waals surface area contributed by atoms with Crippen molar-refractivity contribution in [1.82, 2.24) is 4.90 Å². The number of carbonyl (C=O) groups is 2. The van der Waals surface area contributed by atoms with Gasteiger partial charge in [0.2, 0.25) is 0 Å². The van der Waals surface area contributed by atoms with Crippen LogP contribution in [0.4, 0.5) is 29.3 Å². The monoisotopic (exact) mass is 439 g/mol. The summed E-state index contributed by atoms with van der Waals surface area (Å²) in [5.41, 5.74) is 1.74. The van der Waals surface area contributed by atoms with E-state index in [-0.39, 0.29) is 12.6 Å². The largest absolute Gasteiger partial charge is 0.324 e. The lowest BCUT2D eigenvalue weighted by atomic mass is 10.1. The van der Waals surface area contributed by atoms with E-state index in [0.29, 0.717) is 42.0 Å². The van der Waals surface area contributed by atoms with Gasteiger partial charge in [-0.05, 0) is 66.6 Å². The Labute approximate surface area is 183 Å². The third kappa shape index (κ3) is 4.91. The topological polar surface area (TPSA) is 52.7 Å². The fourth-order valence-electron chi connectivity index (χ4n) is 3.65. The van der Waals surface area contributed by atoms with Crippen molar-refractivity contribution in [3.05, 3.63) is 95.3 Å². The van der Waals surface area contributed by atoms with Crippen LogP contribution >= 0.6 is 0 Å². The van der Waals surface area contributed by atoms with Gasteiger partial charge in [0.25, 0.3) is 5.91 Å². The van der Waals surface area contributed by atoms with Gasteiger partial charge in [0.15, 0.2) is 0 Å². The Kier molecular flexibility index (Phi) is 6.11. The molecule has 3 amide bonds. The van der Waals surface area contributed by atoms with E-state index in [4.69, 9.17) is 0 Å². The quantitative estimate of drug-likeness (QED) is 0.595. The molecule has 3 aromatic rings. The molecule has 1 heterocycles. The van der Waals surface area contributed by atoms with Crippen molar-refractivity contribution in [2.24, 2.45) is 0 Å². The molecule has 4 rings (SSSR count). The van der Waals surface area contributed by atoms with E-state index in [1.54, 1.807) is 29.2 Å². The highest BCUT2D eigenvalue weighted by Crippen LogP contribution is 2.25. The average molecular weight is 439 g/mol. The number of nitrogens with zero attached hydrogens (tertiary/aromatic N) is 2. The van der Waals surface area contributed by atoms with Crippen molar-refractivity contribution in [2.45, 2.75) is 13.0 Å². The predicted octanol–water partition coefficient (Wildman–Crippen LogP) is 5.19. The van der Waals surface area contributed by atoms with Gasteiger partial charge in [-0.2, -0.15) is 0 Å². The first-order valence-electron chi connectivity index (χ1n) is 10.1. The van der Waals surface area contributed by atoms with Gasteiger partial charge >= 0.3 is 6.03 Å². The number of benzene rings is 3. The molecule has 5 nitrogen and oxygen atoms in total. The van der Waals surface area contributed by atoms with E-state index in [1.165, 1.54) is 41.3 Å². The summed E-state index contributed by atoms with van der Waals surface area (Å²) in [6.45, 7) is 1.03. The molecule has 0 radical (unpaired) electrons. The Bertz CT molecular complexity index is 1130. The van der Waals surface area contributed by atoms with Crippen molar-refractivity contribution >= 4 is 23.3 Å². The molecule has 164 valence electrons. The highest BCUT2D eigenvalue weighted by molar-refractivity contribution is 6.04. The summed E-state index contributed by atoms with van der Waals surface area (Å²) in [6.07, 6.45) is 0.676. The second-order valence-electron chi connectivity index (χ2n) is 7.50. The standard InChI is InChI=1S/C24H20F3N3O2/c25-18-7-5-17(6-8-18)23(31)28-21-3-1-4-22(14-21)30-10-2-9-29(24(30)32)15-16-11-19(26)13-20(27)12-16/h1,3-8,11-14H,2,9-10,15H2,(H,28,31). The van der Waals surface area contributed by atoms with Crippen molar-refractivity contribution in [3.8, 4) is 0 Å². The first-order valence-corrected chi connectivity index (χ1v) is 10.1. The molecular formula is C24H20F3N3O2. The van der Waals surface area contributed by atoms with Crippen LogP contribution in [-0.4, -0.2) is 29.9 Å². The van der Waals surface area contributed by atoms with E-state index in [2.05, 4.69) is 5.32 Å². The van der Waals surface area contributed by atoms with Crippen LogP contribution in [0.5, 0.6) is 0 Å². The molecule has 1 aliphatic heterocycles. The Morgan fingerprint density at radius 2 is 1.59 bits per heavy atom. The third-order valence-electron chi connectivity index (χ3n) is 5.13. The van der Waals surface area contributed by atoms with Crippen LogP contribution in [0, 0.1) is 17.5 Å². The van der Waals surface area contributed by atoms with Crippen LogP contribution in [0.2, 0.25) is 0 Å². The van der Waals surface area contributed by atoms with Gasteiger partial charge in [-0.3, -0.25) is 9.69 Å². The lowest BCUT2D eigenvalue weighted by Crippen LogP contribution is -2.49. The highest BCUT2D eigenvalue weighted by Gasteiger charge is 2.27. The van der Waals surface area contributed by atoms with Gasteiger partial charge in [-0.25, -0.2) is 18.0 Å². The maximum absolute atomic E-state index is 13.5. The average Bonchev–Trinajstić information content (AvgIpc) is 2.75. The van der Waals surface area contributed by atoms with Gasteiger partial charge in [-0.1, -0.05) is 6.07 Å². The first-order chi connectivity index (χ1) is 15.4. The van der Waals surface area contributed by atoms with Crippen LogP contribution in [0.15, 0.2) is 66.7 Å². The minimum absolute atomic E-state index is 0.0883. The zero-order valence-corrected chi connectivity index (χ0v) is 17.0. The number of amides is 3. The smallest absolute Gasteiger partial charge is 0.322 e. The minimum atomic E-state index is -0.689. The van der Waals surface area contributed by atoms with Gasteiger partial charge in [-0.15, -0.1) is 0 Å². The van der Waals surface area contributed by atoms with E-state index in [0.717, 1.165) is 6.07 Å². The summed E-state index contributed by atoms with van der Waals surface area (Å²) in [5, 5.41) is 2.74. The van der Waals surface area contributed by atoms with E-state index >= 15 is 0 Å². The molecule has 0 unspecified atom stereocenters.